The largest absolute Gasteiger partial charge is 0.384 e. The third kappa shape index (κ3) is 5.40. The van der Waals surface area contributed by atoms with Crippen LogP contribution in [-0.2, 0) is 9.59 Å². The quantitative estimate of drug-likeness (QED) is 0.355. The molecule has 0 saturated heterocycles. The highest BCUT2D eigenvalue weighted by molar-refractivity contribution is 8.01. The maximum Gasteiger partial charge on any atom is 0.234 e. The molecular weight excluding hydrogens is 541 g/mol. The lowest BCUT2D eigenvalue weighted by atomic mass is 9.68. The number of anilines is 2. The van der Waals surface area contributed by atoms with Gasteiger partial charge in [-0.05, 0) is 42.9 Å². The van der Waals surface area contributed by atoms with Crippen molar-refractivity contribution < 1.29 is 9.59 Å². The van der Waals surface area contributed by atoms with Crippen LogP contribution in [0.25, 0.3) is 0 Å². The minimum absolute atomic E-state index is 0.00839. The molecule has 0 bridgehead atoms. The molecule has 2 aliphatic rings. The van der Waals surface area contributed by atoms with Crippen molar-refractivity contribution in [1.82, 2.24) is 10.2 Å². The van der Waals surface area contributed by atoms with Gasteiger partial charge in [0.15, 0.2) is 10.1 Å². The highest BCUT2D eigenvalue weighted by atomic mass is 32.2. The van der Waals surface area contributed by atoms with E-state index in [1.54, 1.807) is 4.90 Å². The Kier molecular flexibility index (Phi) is 7.53. The molecule has 1 atom stereocenters. The third-order valence-electron chi connectivity index (χ3n) is 7.12. The summed E-state index contributed by atoms with van der Waals surface area (Å²) in [5.41, 5.74) is 11.8. The predicted octanol–water partition coefficient (Wildman–Crippen LogP) is 5.83. The standard InChI is InChI=1S/C30H30N6O2S2/c1-17-9-11-19(12-10-17)25-20(15-31)27(32)36(22-13-30(3,4)14-23(37)26(22)25)28-34-35-29(40-28)39-16-24(38)33-21-8-6-5-7-18(21)2/h5-12,25H,13-14,16,32H2,1-4H3,(H,33,38). The SMILES string of the molecule is Cc1ccc(C2C(C#N)=C(N)N(c3nnc(SCC(=O)Nc4ccccc4C)s3)C3=C2C(=O)CC(C)(C)C3)cc1. The van der Waals surface area contributed by atoms with Gasteiger partial charge in [0.1, 0.15) is 5.82 Å². The van der Waals surface area contributed by atoms with Crippen LogP contribution in [0.3, 0.4) is 0 Å². The summed E-state index contributed by atoms with van der Waals surface area (Å²) in [5, 5.41) is 22.3. The Balaban J connectivity index is 1.47. The Labute approximate surface area is 242 Å². The van der Waals surface area contributed by atoms with Crippen molar-refractivity contribution in [3.63, 3.8) is 0 Å². The monoisotopic (exact) mass is 570 g/mol. The van der Waals surface area contributed by atoms with Gasteiger partial charge in [-0.2, -0.15) is 5.26 Å². The average molecular weight is 571 g/mol. The Bertz CT molecular complexity index is 1600. The molecule has 1 amide bonds. The number of amides is 1. The topological polar surface area (TPSA) is 125 Å². The van der Waals surface area contributed by atoms with Crippen LogP contribution in [0.4, 0.5) is 10.8 Å². The minimum Gasteiger partial charge on any atom is -0.384 e. The number of nitrogens with zero attached hydrogens (tertiary/aromatic N) is 4. The maximum absolute atomic E-state index is 13.7. The molecule has 5 rings (SSSR count). The number of ketones is 1. The Morgan fingerprint density at radius 2 is 1.90 bits per heavy atom. The van der Waals surface area contributed by atoms with Crippen molar-refractivity contribution in [2.75, 3.05) is 16.0 Å². The number of benzene rings is 2. The molecule has 1 aromatic heterocycles. The number of nitriles is 1. The molecule has 3 N–H and O–H groups in total. The van der Waals surface area contributed by atoms with Crippen LogP contribution in [0.5, 0.6) is 0 Å². The van der Waals surface area contributed by atoms with Gasteiger partial charge in [-0.25, -0.2) is 0 Å². The lowest BCUT2D eigenvalue weighted by Gasteiger charge is -2.42. The second-order valence-corrected chi connectivity index (χ2v) is 13.1. The Morgan fingerprint density at radius 1 is 1.18 bits per heavy atom. The van der Waals surface area contributed by atoms with Crippen LogP contribution in [-0.4, -0.2) is 27.6 Å². The number of Topliss-reactive ketones (excluding diaryl/α,β-unsaturated/α-hetero) is 1. The maximum atomic E-state index is 13.7. The number of para-hydroxylation sites is 1. The molecule has 8 nitrogen and oxygen atoms in total. The van der Waals surface area contributed by atoms with Gasteiger partial charge in [-0.1, -0.05) is 85.0 Å². The normalized spacial score (nSPS) is 18.4. The van der Waals surface area contributed by atoms with Crippen molar-refractivity contribution in [3.05, 3.63) is 87.9 Å². The molecule has 0 spiro atoms. The van der Waals surface area contributed by atoms with Crippen molar-refractivity contribution in [2.45, 2.75) is 50.8 Å². The van der Waals surface area contributed by atoms with Gasteiger partial charge in [-0.3, -0.25) is 14.5 Å². The zero-order chi connectivity index (χ0) is 28.6. The first kappa shape index (κ1) is 27.6. The van der Waals surface area contributed by atoms with E-state index in [0.29, 0.717) is 33.5 Å². The zero-order valence-electron chi connectivity index (χ0n) is 22.8. The van der Waals surface area contributed by atoms with Gasteiger partial charge >= 0.3 is 0 Å². The first-order valence-electron chi connectivity index (χ1n) is 12.9. The smallest absolute Gasteiger partial charge is 0.234 e. The van der Waals surface area contributed by atoms with Crippen LogP contribution in [0.1, 0.15) is 49.3 Å². The fourth-order valence-electron chi connectivity index (χ4n) is 5.20. The van der Waals surface area contributed by atoms with Crippen LogP contribution in [0, 0.1) is 30.6 Å². The molecule has 0 saturated carbocycles. The van der Waals surface area contributed by atoms with Crippen LogP contribution in [0.15, 0.2) is 75.5 Å². The number of aryl methyl sites for hydroxylation is 2. The number of hydrogen-bond acceptors (Lipinski definition) is 9. The number of allylic oxidation sites excluding steroid dienone is 3. The van der Waals surface area contributed by atoms with E-state index >= 15 is 0 Å². The first-order valence-corrected chi connectivity index (χ1v) is 14.7. The molecular formula is C30H30N6O2S2. The van der Waals surface area contributed by atoms with E-state index in [1.807, 2.05) is 62.4 Å². The zero-order valence-corrected chi connectivity index (χ0v) is 24.4. The summed E-state index contributed by atoms with van der Waals surface area (Å²) in [4.78, 5) is 28.0. The number of rotatable bonds is 6. The van der Waals surface area contributed by atoms with E-state index in [-0.39, 0.29) is 28.7 Å². The summed E-state index contributed by atoms with van der Waals surface area (Å²) in [5.74, 6) is -0.262. The molecule has 10 heteroatoms. The summed E-state index contributed by atoms with van der Waals surface area (Å²) in [6, 6.07) is 17.8. The number of carbonyl (C=O) groups is 2. The number of nitrogens with two attached hydrogens (primary N) is 1. The second kappa shape index (κ2) is 10.9. The minimum atomic E-state index is -0.535. The number of carbonyl (C=O) groups excluding carboxylic acids is 2. The number of nitrogens with one attached hydrogen (secondary N) is 1. The van der Waals surface area contributed by atoms with Crippen LogP contribution in [0.2, 0.25) is 0 Å². The number of hydrogen-bond donors (Lipinski definition) is 2. The molecule has 2 aromatic carbocycles. The summed E-state index contributed by atoms with van der Waals surface area (Å²) < 4.78 is 0.588. The predicted molar refractivity (Wildman–Crippen MR) is 159 cm³/mol. The molecule has 0 fully saturated rings. The van der Waals surface area contributed by atoms with Crippen molar-refractivity contribution >= 4 is 45.6 Å². The summed E-state index contributed by atoms with van der Waals surface area (Å²) in [6.07, 6.45) is 0.977. The summed E-state index contributed by atoms with van der Waals surface area (Å²) in [7, 11) is 0. The highest BCUT2D eigenvalue weighted by Gasteiger charge is 2.45. The van der Waals surface area contributed by atoms with E-state index in [1.165, 1.54) is 23.1 Å². The Morgan fingerprint density at radius 3 is 2.60 bits per heavy atom. The lowest BCUT2D eigenvalue weighted by molar-refractivity contribution is -0.118. The average Bonchev–Trinajstić information content (AvgIpc) is 3.36. The van der Waals surface area contributed by atoms with Gasteiger partial charge in [0, 0.05) is 23.4 Å². The number of aromatic nitrogens is 2. The fraction of sp³-hybridized carbons (Fsp3) is 0.300. The molecule has 1 aliphatic heterocycles. The van der Waals surface area contributed by atoms with Crippen molar-refractivity contribution in [1.29, 1.82) is 5.26 Å². The van der Waals surface area contributed by atoms with Gasteiger partial charge in [-0.15, -0.1) is 10.2 Å². The lowest BCUT2D eigenvalue weighted by Crippen LogP contribution is -2.42. The van der Waals surface area contributed by atoms with Gasteiger partial charge in [0.2, 0.25) is 11.0 Å². The summed E-state index contributed by atoms with van der Waals surface area (Å²) >= 11 is 2.56. The van der Waals surface area contributed by atoms with Gasteiger partial charge < -0.3 is 11.1 Å². The highest BCUT2D eigenvalue weighted by Crippen LogP contribution is 2.50. The van der Waals surface area contributed by atoms with Crippen LogP contribution < -0.4 is 16.0 Å². The first-order chi connectivity index (χ1) is 19.1. The number of thioether (sulfide) groups is 1. The fourth-order valence-corrected chi connectivity index (χ4v) is 6.88. The van der Waals surface area contributed by atoms with Crippen LogP contribution >= 0.6 is 23.1 Å². The van der Waals surface area contributed by atoms with Gasteiger partial charge in [0.25, 0.3) is 0 Å². The molecule has 2 heterocycles. The molecule has 204 valence electrons. The van der Waals surface area contributed by atoms with Crippen molar-refractivity contribution in [3.8, 4) is 6.07 Å². The van der Waals surface area contributed by atoms with Crippen molar-refractivity contribution in [2.24, 2.45) is 11.1 Å². The molecule has 1 unspecified atom stereocenters. The van der Waals surface area contributed by atoms with E-state index in [2.05, 4.69) is 35.4 Å². The van der Waals surface area contributed by atoms with E-state index in [4.69, 9.17) is 5.73 Å². The molecule has 40 heavy (non-hydrogen) atoms. The Hall–Kier alpha value is -3.94. The molecule has 1 aliphatic carbocycles. The van der Waals surface area contributed by atoms with Gasteiger partial charge in [0.05, 0.1) is 23.3 Å². The second-order valence-electron chi connectivity index (χ2n) is 10.9. The van der Waals surface area contributed by atoms with E-state index < -0.39 is 5.92 Å². The van der Waals surface area contributed by atoms with E-state index in [0.717, 1.165) is 28.1 Å². The van der Waals surface area contributed by atoms with E-state index in [9.17, 15) is 14.9 Å². The third-order valence-corrected chi connectivity index (χ3v) is 9.17. The summed E-state index contributed by atoms with van der Waals surface area (Å²) in [6.45, 7) is 8.05. The molecule has 0 radical (unpaired) electrons. The molecule has 3 aromatic rings.